The van der Waals surface area contributed by atoms with E-state index in [0.717, 1.165) is 25.9 Å². The van der Waals surface area contributed by atoms with E-state index in [1.807, 2.05) is 4.90 Å². The number of hydrogen-bond acceptors (Lipinski definition) is 2. The maximum atomic E-state index is 12.3. The second-order valence-electron chi connectivity index (χ2n) is 4.56. The summed E-state index contributed by atoms with van der Waals surface area (Å²) in [4.78, 5) is 18.1. The zero-order valence-electron chi connectivity index (χ0n) is 10.2. The Bertz CT molecular complexity index is 429. The fourth-order valence-electron chi connectivity index (χ4n) is 2.17. The molecule has 1 aliphatic heterocycles. The Balaban J connectivity index is 2.10. The number of halogens is 2. The van der Waals surface area contributed by atoms with Gasteiger partial charge in [-0.3, -0.25) is 4.79 Å². The first-order valence-corrected chi connectivity index (χ1v) is 7.04. The third kappa shape index (κ3) is 3.36. The van der Waals surface area contributed by atoms with Crippen molar-refractivity contribution < 1.29 is 4.79 Å². The number of pyridine rings is 1. The number of aromatic nitrogens is 1. The molecule has 1 fully saturated rings. The number of carbonyl (C=O) groups is 1. The summed E-state index contributed by atoms with van der Waals surface area (Å²) in [5.41, 5.74) is 0.518. The van der Waals surface area contributed by atoms with Crippen molar-refractivity contribution in [2.75, 3.05) is 13.1 Å². The van der Waals surface area contributed by atoms with Crippen LogP contribution in [-0.2, 0) is 0 Å². The van der Waals surface area contributed by atoms with Gasteiger partial charge in [-0.1, -0.05) is 42.5 Å². The number of amides is 1. The maximum absolute atomic E-state index is 12.3. The first-order chi connectivity index (χ1) is 8.68. The van der Waals surface area contributed by atoms with Crippen molar-refractivity contribution in [3.05, 3.63) is 28.0 Å². The summed E-state index contributed by atoms with van der Waals surface area (Å²) in [7, 11) is 0. The van der Waals surface area contributed by atoms with Crippen LogP contribution in [0.2, 0.25) is 10.2 Å². The van der Waals surface area contributed by atoms with Crippen molar-refractivity contribution in [3.8, 4) is 0 Å². The van der Waals surface area contributed by atoms with Crippen LogP contribution in [-0.4, -0.2) is 28.9 Å². The smallest absolute Gasteiger partial charge is 0.255 e. The van der Waals surface area contributed by atoms with Crippen LogP contribution in [0.4, 0.5) is 0 Å². The molecular formula is C13H16Cl2N2O. The van der Waals surface area contributed by atoms with Gasteiger partial charge in [0.1, 0.15) is 5.15 Å². The fourth-order valence-corrected chi connectivity index (χ4v) is 2.44. The second kappa shape index (κ2) is 6.39. The minimum Gasteiger partial charge on any atom is -0.339 e. The third-order valence-corrected chi connectivity index (χ3v) is 3.87. The lowest BCUT2D eigenvalue weighted by Crippen LogP contribution is -2.33. The molecule has 2 heterocycles. The van der Waals surface area contributed by atoms with Gasteiger partial charge in [0.15, 0.2) is 0 Å². The van der Waals surface area contributed by atoms with E-state index in [9.17, 15) is 4.79 Å². The van der Waals surface area contributed by atoms with E-state index in [1.165, 1.54) is 25.5 Å². The van der Waals surface area contributed by atoms with E-state index in [-0.39, 0.29) is 11.1 Å². The first-order valence-electron chi connectivity index (χ1n) is 6.29. The van der Waals surface area contributed by atoms with Gasteiger partial charge < -0.3 is 4.90 Å². The average molecular weight is 287 g/mol. The molecule has 1 amide bonds. The number of carbonyl (C=O) groups excluding carboxylic acids is 1. The highest BCUT2D eigenvalue weighted by atomic mass is 35.5. The molecule has 0 aromatic carbocycles. The van der Waals surface area contributed by atoms with Gasteiger partial charge in [-0.25, -0.2) is 4.98 Å². The molecule has 5 heteroatoms. The SMILES string of the molecule is O=C(c1cnc(Cl)c(Cl)c1)N1CCCCCCC1. The van der Waals surface area contributed by atoms with Crippen molar-refractivity contribution in [1.82, 2.24) is 9.88 Å². The van der Waals surface area contributed by atoms with Gasteiger partial charge in [0.2, 0.25) is 0 Å². The monoisotopic (exact) mass is 286 g/mol. The minimum absolute atomic E-state index is 0.00275. The number of rotatable bonds is 1. The molecular weight excluding hydrogens is 271 g/mol. The Labute approximate surface area is 117 Å². The number of likely N-dealkylation sites (tertiary alicyclic amines) is 1. The van der Waals surface area contributed by atoms with Crippen LogP contribution < -0.4 is 0 Å². The van der Waals surface area contributed by atoms with Gasteiger partial charge >= 0.3 is 0 Å². The predicted molar refractivity (Wildman–Crippen MR) is 73.2 cm³/mol. The molecule has 1 aromatic rings. The summed E-state index contributed by atoms with van der Waals surface area (Å²) in [5.74, 6) is 0.00275. The van der Waals surface area contributed by atoms with Crippen molar-refractivity contribution >= 4 is 29.1 Å². The Hall–Kier alpha value is -0.800. The Morgan fingerprint density at radius 2 is 1.72 bits per heavy atom. The molecule has 0 spiro atoms. The van der Waals surface area contributed by atoms with E-state index in [2.05, 4.69) is 4.98 Å². The molecule has 0 saturated carbocycles. The van der Waals surface area contributed by atoms with Crippen LogP contribution in [0, 0.1) is 0 Å². The molecule has 1 aromatic heterocycles. The first kappa shape index (κ1) is 13.6. The molecule has 0 bridgehead atoms. The summed E-state index contributed by atoms with van der Waals surface area (Å²) >= 11 is 11.6. The van der Waals surface area contributed by atoms with Crippen LogP contribution in [0.25, 0.3) is 0 Å². The minimum atomic E-state index is 0.00275. The van der Waals surface area contributed by atoms with Crippen LogP contribution in [0.5, 0.6) is 0 Å². The van der Waals surface area contributed by atoms with E-state index in [1.54, 1.807) is 6.07 Å². The maximum Gasteiger partial charge on any atom is 0.255 e. The van der Waals surface area contributed by atoms with Crippen LogP contribution in [0.3, 0.4) is 0 Å². The molecule has 0 N–H and O–H groups in total. The quantitative estimate of drug-likeness (QED) is 0.736. The number of hydrogen-bond donors (Lipinski definition) is 0. The largest absolute Gasteiger partial charge is 0.339 e. The van der Waals surface area contributed by atoms with Gasteiger partial charge in [0.05, 0.1) is 10.6 Å². The number of nitrogens with zero attached hydrogens (tertiary/aromatic N) is 2. The average Bonchev–Trinajstić information content (AvgIpc) is 2.31. The molecule has 98 valence electrons. The topological polar surface area (TPSA) is 33.2 Å². The van der Waals surface area contributed by atoms with Crippen molar-refractivity contribution in [1.29, 1.82) is 0 Å². The Morgan fingerprint density at radius 1 is 1.11 bits per heavy atom. The van der Waals surface area contributed by atoms with E-state index < -0.39 is 0 Å². The van der Waals surface area contributed by atoms with Crippen LogP contribution in [0.15, 0.2) is 12.3 Å². The van der Waals surface area contributed by atoms with Gasteiger partial charge in [0.25, 0.3) is 5.91 Å². The molecule has 0 radical (unpaired) electrons. The summed E-state index contributed by atoms with van der Waals surface area (Å²) < 4.78 is 0. The molecule has 0 unspecified atom stereocenters. The van der Waals surface area contributed by atoms with Crippen molar-refractivity contribution in [2.45, 2.75) is 32.1 Å². The van der Waals surface area contributed by atoms with Crippen molar-refractivity contribution in [3.63, 3.8) is 0 Å². The third-order valence-electron chi connectivity index (χ3n) is 3.19. The highest BCUT2D eigenvalue weighted by molar-refractivity contribution is 6.41. The second-order valence-corrected chi connectivity index (χ2v) is 5.32. The molecule has 0 atom stereocenters. The summed E-state index contributed by atoms with van der Waals surface area (Å²) in [5, 5.41) is 0.565. The molecule has 1 aliphatic rings. The van der Waals surface area contributed by atoms with E-state index >= 15 is 0 Å². The molecule has 18 heavy (non-hydrogen) atoms. The standard InChI is InChI=1S/C13H16Cl2N2O/c14-11-8-10(9-16-12(11)15)13(18)17-6-4-2-1-3-5-7-17/h8-9H,1-7H2. The Kier molecular flexibility index (Phi) is 4.84. The zero-order valence-corrected chi connectivity index (χ0v) is 11.7. The zero-order chi connectivity index (χ0) is 13.0. The molecule has 0 aliphatic carbocycles. The lowest BCUT2D eigenvalue weighted by Gasteiger charge is -2.24. The highest BCUT2D eigenvalue weighted by Gasteiger charge is 2.17. The Morgan fingerprint density at radius 3 is 2.33 bits per heavy atom. The van der Waals surface area contributed by atoms with Gasteiger partial charge in [-0.05, 0) is 18.9 Å². The van der Waals surface area contributed by atoms with E-state index in [4.69, 9.17) is 23.2 Å². The normalized spacial score (nSPS) is 17.1. The fraction of sp³-hybridized carbons (Fsp3) is 0.538. The highest BCUT2D eigenvalue weighted by Crippen LogP contribution is 2.21. The van der Waals surface area contributed by atoms with E-state index in [0.29, 0.717) is 10.6 Å². The lowest BCUT2D eigenvalue weighted by molar-refractivity contribution is 0.0742. The lowest BCUT2D eigenvalue weighted by atomic mass is 10.1. The molecule has 1 saturated heterocycles. The van der Waals surface area contributed by atoms with Gasteiger partial charge in [0, 0.05) is 19.3 Å². The van der Waals surface area contributed by atoms with Gasteiger partial charge in [-0.15, -0.1) is 0 Å². The molecule has 3 nitrogen and oxygen atoms in total. The van der Waals surface area contributed by atoms with Crippen LogP contribution >= 0.6 is 23.2 Å². The van der Waals surface area contributed by atoms with Crippen LogP contribution in [0.1, 0.15) is 42.5 Å². The summed E-state index contributed by atoms with van der Waals surface area (Å²) in [6.45, 7) is 1.64. The van der Waals surface area contributed by atoms with Crippen molar-refractivity contribution in [2.24, 2.45) is 0 Å². The summed E-state index contributed by atoms with van der Waals surface area (Å²) in [6.07, 6.45) is 7.31. The summed E-state index contributed by atoms with van der Waals surface area (Å²) in [6, 6.07) is 1.60. The molecule has 2 rings (SSSR count). The predicted octanol–water partition coefficient (Wildman–Crippen LogP) is 3.79. The van der Waals surface area contributed by atoms with Gasteiger partial charge in [-0.2, -0.15) is 0 Å².